The molecule has 3 fully saturated rings. The summed E-state index contributed by atoms with van der Waals surface area (Å²) in [5.74, 6) is 6.40. The first kappa shape index (κ1) is 9.24. The molecule has 0 spiro atoms. The summed E-state index contributed by atoms with van der Waals surface area (Å²) in [4.78, 5) is 0. The molecule has 0 aromatic carbocycles. The van der Waals surface area contributed by atoms with E-state index in [1.807, 2.05) is 0 Å². The molecule has 0 aliphatic heterocycles. The van der Waals surface area contributed by atoms with Crippen molar-refractivity contribution in [2.24, 2.45) is 40.9 Å². The third kappa shape index (κ3) is 1.12. The van der Waals surface area contributed by atoms with Gasteiger partial charge in [-0.2, -0.15) is 0 Å². The molecule has 0 heterocycles. The number of fused-ring (bicyclic) bond motifs is 1. The Morgan fingerprint density at radius 3 is 2.21 bits per heavy atom. The first-order chi connectivity index (χ1) is 6.51. The van der Waals surface area contributed by atoms with Gasteiger partial charge >= 0.3 is 0 Å². The molecule has 3 aliphatic rings. The van der Waals surface area contributed by atoms with Crippen molar-refractivity contribution in [2.45, 2.75) is 47.0 Å². The molecule has 14 heavy (non-hydrogen) atoms. The van der Waals surface area contributed by atoms with Gasteiger partial charge in [-0.25, -0.2) is 0 Å². The Morgan fingerprint density at radius 1 is 1.14 bits per heavy atom. The van der Waals surface area contributed by atoms with Gasteiger partial charge in [0.05, 0.1) is 0 Å². The molecule has 0 radical (unpaired) electrons. The lowest BCUT2D eigenvalue weighted by molar-refractivity contribution is 0.135. The second-order valence-corrected chi connectivity index (χ2v) is 7.00. The van der Waals surface area contributed by atoms with Crippen LogP contribution in [-0.4, -0.2) is 0 Å². The van der Waals surface area contributed by atoms with Crippen LogP contribution in [0.1, 0.15) is 47.0 Å². The maximum atomic E-state index is 2.54. The van der Waals surface area contributed by atoms with Gasteiger partial charge in [-0.15, -0.1) is 0 Å². The second-order valence-electron chi connectivity index (χ2n) is 7.00. The van der Waals surface area contributed by atoms with Crippen molar-refractivity contribution in [2.75, 3.05) is 0 Å². The highest BCUT2D eigenvalue weighted by Crippen LogP contribution is 2.68. The number of hydrogen-bond donors (Lipinski definition) is 0. The van der Waals surface area contributed by atoms with E-state index in [0.29, 0.717) is 5.41 Å². The van der Waals surface area contributed by atoms with Crippen molar-refractivity contribution in [1.82, 2.24) is 0 Å². The number of rotatable bonds is 2. The van der Waals surface area contributed by atoms with E-state index in [9.17, 15) is 0 Å². The molecule has 3 saturated carbocycles. The van der Waals surface area contributed by atoms with Crippen LogP contribution in [0.4, 0.5) is 0 Å². The normalized spacial score (nSPS) is 55.3. The molecule has 0 N–H and O–H groups in total. The van der Waals surface area contributed by atoms with Gasteiger partial charge in [-0.3, -0.25) is 0 Å². The fraction of sp³-hybridized carbons (Fsp3) is 1.00. The van der Waals surface area contributed by atoms with Crippen LogP contribution in [0.2, 0.25) is 0 Å². The van der Waals surface area contributed by atoms with E-state index < -0.39 is 0 Å². The third-order valence-corrected chi connectivity index (χ3v) is 5.87. The Hall–Kier alpha value is 0. The molecule has 0 saturated heterocycles. The average molecular weight is 192 g/mol. The molecule has 3 aliphatic carbocycles. The van der Waals surface area contributed by atoms with Crippen LogP contribution in [0.25, 0.3) is 0 Å². The summed E-state index contributed by atoms with van der Waals surface area (Å²) in [6, 6.07) is 0. The van der Waals surface area contributed by atoms with E-state index in [0.717, 1.165) is 35.5 Å². The zero-order valence-corrected chi connectivity index (χ0v) is 10.1. The highest BCUT2D eigenvalue weighted by atomic mass is 14.7. The molecule has 80 valence electrons. The quantitative estimate of drug-likeness (QED) is 0.621. The largest absolute Gasteiger partial charge is 0.0622 e. The van der Waals surface area contributed by atoms with Crippen molar-refractivity contribution in [3.05, 3.63) is 0 Å². The van der Waals surface area contributed by atoms with Crippen molar-refractivity contribution in [3.8, 4) is 0 Å². The zero-order valence-electron chi connectivity index (χ0n) is 10.1. The van der Waals surface area contributed by atoms with E-state index in [1.165, 1.54) is 6.42 Å². The van der Waals surface area contributed by atoms with Crippen LogP contribution in [0.15, 0.2) is 0 Å². The fourth-order valence-corrected chi connectivity index (χ4v) is 4.60. The van der Waals surface area contributed by atoms with E-state index in [-0.39, 0.29) is 0 Å². The molecule has 4 unspecified atom stereocenters. The predicted octanol–water partition coefficient (Wildman–Crippen LogP) is 3.96. The Morgan fingerprint density at radius 2 is 1.79 bits per heavy atom. The monoisotopic (exact) mass is 192 g/mol. The molecular weight excluding hydrogens is 168 g/mol. The van der Waals surface area contributed by atoms with E-state index in [2.05, 4.69) is 27.7 Å². The smallest absolute Gasteiger partial charge is 0.0292 e. The highest BCUT2D eigenvalue weighted by molar-refractivity contribution is 5.09. The van der Waals surface area contributed by atoms with Crippen molar-refractivity contribution >= 4 is 0 Å². The SMILES string of the molecule is CC1CC1[C@H](C)C1CC2C[C@@H]2C1(C)C. The van der Waals surface area contributed by atoms with E-state index in [1.54, 1.807) is 12.8 Å². The van der Waals surface area contributed by atoms with Gasteiger partial charge < -0.3 is 0 Å². The molecule has 0 nitrogen and oxygen atoms in total. The lowest BCUT2D eigenvalue weighted by Gasteiger charge is -2.35. The second kappa shape index (κ2) is 2.57. The van der Waals surface area contributed by atoms with Crippen molar-refractivity contribution in [1.29, 1.82) is 0 Å². The van der Waals surface area contributed by atoms with Gasteiger partial charge in [0.25, 0.3) is 0 Å². The summed E-state index contributed by atoms with van der Waals surface area (Å²) in [7, 11) is 0. The van der Waals surface area contributed by atoms with Crippen LogP contribution < -0.4 is 0 Å². The summed E-state index contributed by atoms with van der Waals surface area (Å²) >= 11 is 0. The zero-order chi connectivity index (χ0) is 10.1. The van der Waals surface area contributed by atoms with Crippen molar-refractivity contribution in [3.63, 3.8) is 0 Å². The van der Waals surface area contributed by atoms with Crippen LogP contribution in [-0.2, 0) is 0 Å². The van der Waals surface area contributed by atoms with Gasteiger partial charge in [-0.05, 0) is 60.2 Å². The molecule has 0 aromatic rings. The maximum absolute atomic E-state index is 2.54. The minimum absolute atomic E-state index is 0.673. The molecule has 0 bridgehead atoms. The van der Waals surface area contributed by atoms with E-state index in [4.69, 9.17) is 0 Å². The van der Waals surface area contributed by atoms with E-state index >= 15 is 0 Å². The lowest BCUT2D eigenvalue weighted by Crippen LogP contribution is -2.28. The third-order valence-electron chi connectivity index (χ3n) is 5.87. The Labute approximate surface area is 88.5 Å². The lowest BCUT2D eigenvalue weighted by atomic mass is 9.70. The molecule has 3 rings (SSSR count). The first-order valence-electron chi connectivity index (χ1n) is 6.51. The summed E-state index contributed by atoms with van der Waals surface area (Å²) in [6.45, 7) is 10.0. The highest BCUT2D eigenvalue weighted by Gasteiger charge is 2.60. The van der Waals surface area contributed by atoms with Crippen LogP contribution in [0.5, 0.6) is 0 Å². The molecular formula is C14H24. The van der Waals surface area contributed by atoms with Gasteiger partial charge in [0.1, 0.15) is 0 Å². The van der Waals surface area contributed by atoms with Gasteiger partial charge in [0.15, 0.2) is 0 Å². The molecule has 0 amide bonds. The number of hydrogen-bond acceptors (Lipinski definition) is 0. The summed E-state index contributed by atoms with van der Waals surface area (Å²) in [5, 5.41) is 0. The van der Waals surface area contributed by atoms with Crippen LogP contribution >= 0.6 is 0 Å². The van der Waals surface area contributed by atoms with Gasteiger partial charge in [-0.1, -0.05) is 27.7 Å². The standard InChI is InChI=1S/C14H24/c1-8-5-11(8)9(2)12-6-10-7-13(10)14(12,3)4/h8-13H,5-7H2,1-4H3/t8?,9-,10?,11?,12?,13-/m0/s1. The Balaban J connectivity index is 1.73. The van der Waals surface area contributed by atoms with Crippen LogP contribution in [0.3, 0.4) is 0 Å². The molecule has 0 heteroatoms. The summed E-state index contributed by atoms with van der Waals surface area (Å²) in [5.41, 5.74) is 0.673. The predicted molar refractivity (Wildman–Crippen MR) is 59.9 cm³/mol. The Kier molecular flexibility index (Phi) is 1.70. The van der Waals surface area contributed by atoms with Crippen molar-refractivity contribution < 1.29 is 0 Å². The molecule has 6 atom stereocenters. The van der Waals surface area contributed by atoms with Crippen LogP contribution in [0, 0.1) is 40.9 Å². The Bertz CT molecular complexity index is 253. The molecule has 0 aromatic heterocycles. The van der Waals surface area contributed by atoms with Gasteiger partial charge in [0, 0.05) is 0 Å². The maximum Gasteiger partial charge on any atom is -0.0292 e. The first-order valence-corrected chi connectivity index (χ1v) is 6.51. The minimum atomic E-state index is 0.673. The van der Waals surface area contributed by atoms with Gasteiger partial charge in [0.2, 0.25) is 0 Å². The minimum Gasteiger partial charge on any atom is -0.0622 e. The summed E-state index contributed by atoms with van der Waals surface area (Å²) in [6.07, 6.45) is 4.63. The fourth-order valence-electron chi connectivity index (χ4n) is 4.60. The summed E-state index contributed by atoms with van der Waals surface area (Å²) < 4.78 is 0. The topological polar surface area (TPSA) is 0 Å². The average Bonchev–Trinajstić information content (AvgIpc) is 2.94.